The second kappa shape index (κ2) is 4.52. The van der Waals surface area contributed by atoms with Gasteiger partial charge in [-0.3, -0.25) is 4.79 Å². The van der Waals surface area contributed by atoms with Gasteiger partial charge in [-0.15, -0.1) is 0 Å². The number of para-hydroxylation sites is 1. The van der Waals surface area contributed by atoms with Gasteiger partial charge in [0.1, 0.15) is 11.9 Å². The van der Waals surface area contributed by atoms with Gasteiger partial charge in [0, 0.05) is 0 Å². The Balaban J connectivity index is 1.89. The number of carbonyl (C=O) groups excluding carboxylic acids is 1. The number of aliphatic hydroxyl groups excluding tert-OH is 1. The zero-order chi connectivity index (χ0) is 13.4. The molecule has 1 aliphatic rings. The Morgan fingerprint density at radius 1 is 1.11 bits per heavy atom. The van der Waals surface area contributed by atoms with Crippen molar-refractivity contribution in [2.24, 2.45) is 0 Å². The fourth-order valence-electron chi connectivity index (χ4n) is 2.26. The SMILES string of the molecule is Cc1ccc([C@H](O)[C@H]2Oc3ccccc3C2=O)cc1. The molecule has 0 bridgehead atoms. The number of benzene rings is 2. The first-order chi connectivity index (χ1) is 9.16. The zero-order valence-electron chi connectivity index (χ0n) is 10.5. The van der Waals surface area contributed by atoms with Crippen LogP contribution in [-0.2, 0) is 0 Å². The summed E-state index contributed by atoms with van der Waals surface area (Å²) in [6.45, 7) is 1.98. The zero-order valence-corrected chi connectivity index (χ0v) is 10.5. The van der Waals surface area contributed by atoms with Crippen LogP contribution in [0.2, 0.25) is 0 Å². The molecule has 3 nitrogen and oxygen atoms in total. The van der Waals surface area contributed by atoms with Crippen LogP contribution in [0.4, 0.5) is 0 Å². The topological polar surface area (TPSA) is 46.5 Å². The summed E-state index contributed by atoms with van der Waals surface area (Å²) in [6.07, 6.45) is -1.79. The lowest BCUT2D eigenvalue weighted by atomic mass is 9.98. The van der Waals surface area contributed by atoms with E-state index < -0.39 is 12.2 Å². The number of fused-ring (bicyclic) bond motifs is 1. The normalized spacial score (nSPS) is 18.8. The molecule has 19 heavy (non-hydrogen) atoms. The summed E-state index contributed by atoms with van der Waals surface area (Å²) in [4.78, 5) is 12.2. The van der Waals surface area contributed by atoms with Crippen LogP contribution in [0.25, 0.3) is 0 Å². The molecule has 0 aromatic heterocycles. The number of ketones is 1. The largest absolute Gasteiger partial charge is 0.478 e. The van der Waals surface area contributed by atoms with E-state index in [1.54, 1.807) is 18.2 Å². The van der Waals surface area contributed by atoms with E-state index in [0.29, 0.717) is 16.9 Å². The highest BCUT2D eigenvalue weighted by Gasteiger charge is 2.37. The number of hydrogen-bond donors (Lipinski definition) is 1. The van der Waals surface area contributed by atoms with Crippen LogP contribution in [-0.4, -0.2) is 17.0 Å². The molecule has 1 aliphatic heterocycles. The number of aryl methyl sites for hydroxylation is 1. The Morgan fingerprint density at radius 3 is 2.47 bits per heavy atom. The first-order valence-electron chi connectivity index (χ1n) is 6.21. The first kappa shape index (κ1) is 11.9. The van der Waals surface area contributed by atoms with Gasteiger partial charge in [-0.1, -0.05) is 42.0 Å². The Morgan fingerprint density at radius 2 is 1.79 bits per heavy atom. The van der Waals surface area contributed by atoms with Gasteiger partial charge in [0.2, 0.25) is 5.78 Å². The third kappa shape index (κ3) is 2.02. The highest BCUT2D eigenvalue weighted by Crippen LogP contribution is 2.33. The van der Waals surface area contributed by atoms with E-state index in [4.69, 9.17) is 4.74 Å². The van der Waals surface area contributed by atoms with Gasteiger partial charge in [0.25, 0.3) is 0 Å². The lowest BCUT2D eigenvalue weighted by Gasteiger charge is -2.17. The minimum atomic E-state index is -0.944. The van der Waals surface area contributed by atoms with Crippen molar-refractivity contribution >= 4 is 5.78 Å². The van der Waals surface area contributed by atoms with Crippen molar-refractivity contribution in [2.75, 3.05) is 0 Å². The third-order valence-corrected chi connectivity index (χ3v) is 3.37. The Labute approximate surface area is 111 Å². The molecule has 3 heteroatoms. The lowest BCUT2D eigenvalue weighted by molar-refractivity contribution is 0.0407. The average molecular weight is 254 g/mol. The molecular formula is C16H14O3. The molecule has 3 rings (SSSR count). The van der Waals surface area contributed by atoms with Gasteiger partial charge in [-0.2, -0.15) is 0 Å². The van der Waals surface area contributed by atoms with Crippen molar-refractivity contribution < 1.29 is 14.6 Å². The minimum absolute atomic E-state index is 0.163. The molecule has 0 amide bonds. The predicted octanol–water partition coefficient (Wildman–Crippen LogP) is 2.67. The van der Waals surface area contributed by atoms with Crippen molar-refractivity contribution in [1.82, 2.24) is 0 Å². The van der Waals surface area contributed by atoms with E-state index in [2.05, 4.69) is 0 Å². The molecule has 0 spiro atoms. The van der Waals surface area contributed by atoms with Gasteiger partial charge >= 0.3 is 0 Å². The van der Waals surface area contributed by atoms with Gasteiger partial charge < -0.3 is 9.84 Å². The van der Waals surface area contributed by atoms with Crippen LogP contribution in [0.5, 0.6) is 5.75 Å². The minimum Gasteiger partial charge on any atom is -0.478 e. The van der Waals surface area contributed by atoms with E-state index in [1.165, 1.54) is 0 Å². The Hall–Kier alpha value is -2.13. The molecule has 0 unspecified atom stereocenters. The molecule has 2 aromatic rings. The highest BCUT2D eigenvalue weighted by atomic mass is 16.5. The summed E-state index contributed by atoms with van der Waals surface area (Å²) in [5.41, 5.74) is 2.34. The van der Waals surface area contributed by atoms with Crippen molar-refractivity contribution in [3.05, 3.63) is 65.2 Å². The number of carbonyl (C=O) groups is 1. The maximum absolute atomic E-state index is 12.2. The summed E-state index contributed by atoms with van der Waals surface area (Å²) in [7, 11) is 0. The van der Waals surface area contributed by atoms with Crippen molar-refractivity contribution in [3.8, 4) is 5.75 Å². The summed E-state index contributed by atoms with van der Waals surface area (Å²) in [5.74, 6) is 0.382. The average Bonchev–Trinajstić information content (AvgIpc) is 2.77. The number of ether oxygens (including phenoxy) is 1. The quantitative estimate of drug-likeness (QED) is 0.896. The smallest absolute Gasteiger partial charge is 0.210 e. The lowest BCUT2D eigenvalue weighted by Crippen LogP contribution is -2.28. The summed E-state index contributed by atoms with van der Waals surface area (Å²) >= 11 is 0. The van der Waals surface area contributed by atoms with E-state index in [-0.39, 0.29) is 5.78 Å². The summed E-state index contributed by atoms with van der Waals surface area (Å²) in [5, 5.41) is 10.3. The van der Waals surface area contributed by atoms with Crippen LogP contribution in [0.3, 0.4) is 0 Å². The third-order valence-electron chi connectivity index (χ3n) is 3.37. The van der Waals surface area contributed by atoms with Crippen LogP contribution in [0.15, 0.2) is 48.5 Å². The second-order valence-corrected chi connectivity index (χ2v) is 4.75. The fraction of sp³-hybridized carbons (Fsp3) is 0.188. The molecule has 0 saturated carbocycles. The maximum atomic E-state index is 12.2. The number of hydrogen-bond acceptors (Lipinski definition) is 3. The van der Waals surface area contributed by atoms with Crippen LogP contribution in [0, 0.1) is 6.92 Å². The monoisotopic (exact) mass is 254 g/mol. The molecule has 1 N–H and O–H groups in total. The molecule has 1 heterocycles. The second-order valence-electron chi connectivity index (χ2n) is 4.75. The van der Waals surface area contributed by atoms with Gasteiger partial charge in [-0.05, 0) is 24.6 Å². The number of rotatable bonds is 2. The van der Waals surface area contributed by atoms with Gasteiger partial charge in [0.15, 0.2) is 6.10 Å². The summed E-state index contributed by atoms with van der Waals surface area (Å²) < 4.78 is 5.57. The molecule has 2 atom stereocenters. The van der Waals surface area contributed by atoms with Gasteiger partial charge in [0.05, 0.1) is 5.56 Å². The number of aliphatic hydroxyl groups is 1. The fourth-order valence-corrected chi connectivity index (χ4v) is 2.26. The molecule has 0 fully saturated rings. The molecule has 0 radical (unpaired) electrons. The van der Waals surface area contributed by atoms with E-state index in [1.807, 2.05) is 37.3 Å². The van der Waals surface area contributed by atoms with Crippen molar-refractivity contribution in [3.63, 3.8) is 0 Å². The van der Waals surface area contributed by atoms with Crippen LogP contribution < -0.4 is 4.74 Å². The predicted molar refractivity (Wildman–Crippen MR) is 71.3 cm³/mol. The highest BCUT2D eigenvalue weighted by molar-refractivity contribution is 6.04. The Kier molecular flexibility index (Phi) is 2.84. The van der Waals surface area contributed by atoms with Gasteiger partial charge in [-0.25, -0.2) is 0 Å². The number of Topliss-reactive ketones (excluding diaryl/α,β-unsaturated/α-hetero) is 1. The standard InChI is InChI=1S/C16H14O3/c1-10-6-8-11(9-7-10)14(17)16-15(18)12-4-2-3-5-13(12)19-16/h2-9,14,16-17H,1H3/t14-,16+/m0/s1. The Bertz CT molecular complexity index is 616. The van der Waals surface area contributed by atoms with E-state index >= 15 is 0 Å². The molecule has 0 aliphatic carbocycles. The first-order valence-corrected chi connectivity index (χ1v) is 6.21. The van der Waals surface area contributed by atoms with Crippen LogP contribution in [0.1, 0.15) is 27.6 Å². The molecule has 0 saturated heterocycles. The van der Waals surface area contributed by atoms with Crippen molar-refractivity contribution in [1.29, 1.82) is 0 Å². The molecule has 2 aromatic carbocycles. The summed E-state index contributed by atoms with van der Waals surface area (Å²) in [6, 6.07) is 14.5. The van der Waals surface area contributed by atoms with Crippen LogP contribution >= 0.6 is 0 Å². The van der Waals surface area contributed by atoms with E-state index in [9.17, 15) is 9.90 Å². The molecule has 96 valence electrons. The molecular weight excluding hydrogens is 240 g/mol. The maximum Gasteiger partial charge on any atom is 0.210 e. The van der Waals surface area contributed by atoms with Crippen molar-refractivity contribution in [2.45, 2.75) is 19.1 Å². The van der Waals surface area contributed by atoms with E-state index in [0.717, 1.165) is 5.56 Å².